The van der Waals surface area contributed by atoms with Crippen LogP contribution >= 0.6 is 0 Å². The predicted octanol–water partition coefficient (Wildman–Crippen LogP) is 1.90. The first-order valence-electron chi connectivity index (χ1n) is 5.54. The van der Waals surface area contributed by atoms with Crippen LogP contribution in [-0.2, 0) is 4.79 Å². The minimum absolute atomic E-state index is 0.220. The fourth-order valence-corrected chi connectivity index (χ4v) is 4.30. The first-order chi connectivity index (χ1) is 6.97. The van der Waals surface area contributed by atoms with E-state index >= 15 is 0 Å². The molecule has 1 amide bonds. The second-order valence-electron chi connectivity index (χ2n) is 4.32. The van der Waals surface area contributed by atoms with E-state index in [0.29, 0.717) is 0 Å². The van der Waals surface area contributed by atoms with E-state index in [2.05, 4.69) is 39.6 Å². The van der Waals surface area contributed by atoms with E-state index in [0.717, 1.165) is 11.2 Å². The van der Waals surface area contributed by atoms with E-state index in [1.54, 1.807) is 0 Å². The molecular weight excluding hydrogens is 255 g/mol. The second-order valence-corrected chi connectivity index (χ2v) is 6.78. The van der Waals surface area contributed by atoms with E-state index in [1.165, 1.54) is 0 Å². The van der Waals surface area contributed by atoms with E-state index in [9.17, 15) is 4.79 Å². The van der Waals surface area contributed by atoms with Crippen LogP contribution in [0.15, 0.2) is 4.99 Å². The van der Waals surface area contributed by atoms with Crippen LogP contribution in [0.5, 0.6) is 0 Å². The van der Waals surface area contributed by atoms with Gasteiger partial charge in [-0.2, -0.15) is 0 Å². The summed E-state index contributed by atoms with van der Waals surface area (Å²) >= 11 is 0.236. The van der Waals surface area contributed by atoms with Crippen LogP contribution in [0.2, 0.25) is 4.82 Å². The maximum absolute atomic E-state index is 12.0. The summed E-state index contributed by atoms with van der Waals surface area (Å²) in [7, 11) is 0. The van der Waals surface area contributed by atoms with Gasteiger partial charge in [0.05, 0.1) is 0 Å². The number of carbonyl (C=O) groups excluding carboxylic acids is 1. The molecule has 1 aliphatic heterocycles. The fraction of sp³-hybridized carbons (Fsp3) is 0.818. The maximum atomic E-state index is 12.0. The van der Waals surface area contributed by atoms with Gasteiger partial charge in [-0.3, -0.25) is 0 Å². The van der Waals surface area contributed by atoms with Gasteiger partial charge in [0.1, 0.15) is 0 Å². The number of carbonyl (C=O) groups is 1. The van der Waals surface area contributed by atoms with Gasteiger partial charge in [0.25, 0.3) is 0 Å². The van der Waals surface area contributed by atoms with Gasteiger partial charge >= 0.3 is 98.2 Å². The van der Waals surface area contributed by atoms with Crippen LogP contribution in [-0.4, -0.2) is 42.6 Å². The Morgan fingerprint density at radius 3 is 2.40 bits per heavy atom. The van der Waals surface area contributed by atoms with Crippen LogP contribution in [0.3, 0.4) is 0 Å². The summed E-state index contributed by atoms with van der Waals surface area (Å²) < 4.78 is 1.05. The molecule has 0 aromatic rings. The van der Waals surface area contributed by atoms with Crippen molar-refractivity contribution in [1.29, 1.82) is 0 Å². The Morgan fingerprint density at radius 2 is 2.00 bits per heavy atom. The molecule has 86 valence electrons. The Hall–Kier alpha value is -0.341. The molecule has 1 fully saturated rings. The summed E-state index contributed by atoms with van der Waals surface area (Å²) in [5, 5.41) is 0. The van der Waals surface area contributed by atoms with Gasteiger partial charge in [0.2, 0.25) is 0 Å². The Bertz CT molecular complexity index is 274. The van der Waals surface area contributed by atoms with Crippen LogP contribution in [0.4, 0.5) is 0 Å². The molecule has 1 aliphatic rings. The third kappa shape index (κ3) is 2.82. The standard InChI is InChI=1S/C11H20N2OSe/c1-6-9-10(14)13(8(4)5)11(15-9)12-7(2)3/h7-9H,6H2,1-5H3. The zero-order chi connectivity index (χ0) is 11.6. The summed E-state index contributed by atoms with van der Waals surface area (Å²) in [6.07, 6.45) is 0.944. The molecule has 1 unspecified atom stereocenters. The second kappa shape index (κ2) is 5.13. The van der Waals surface area contributed by atoms with E-state index in [1.807, 2.05) is 4.90 Å². The van der Waals surface area contributed by atoms with Crippen molar-refractivity contribution in [2.75, 3.05) is 0 Å². The molecule has 1 rings (SSSR count). The predicted molar refractivity (Wildman–Crippen MR) is 64.3 cm³/mol. The van der Waals surface area contributed by atoms with Gasteiger partial charge in [-0.1, -0.05) is 0 Å². The Balaban J connectivity index is 2.92. The zero-order valence-electron chi connectivity index (χ0n) is 10.2. The molecule has 1 atom stereocenters. The summed E-state index contributed by atoms with van der Waals surface area (Å²) in [6.45, 7) is 10.3. The van der Waals surface area contributed by atoms with Crippen molar-refractivity contribution in [3.05, 3.63) is 0 Å². The van der Waals surface area contributed by atoms with Crippen LogP contribution in [0.25, 0.3) is 0 Å². The average Bonchev–Trinajstić information content (AvgIpc) is 2.41. The van der Waals surface area contributed by atoms with Gasteiger partial charge in [0.15, 0.2) is 0 Å². The number of hydrogen-bond donors (Lipinski definition) is 0. The van der Waals surface area contributed by atoms with Crippen molar-refractivity contribution in [2.45, 2.75) is 57.9 Å². The molecule has 0 aliphatic carbocycles. The fourth-order valence-electron chi connectivity index (χ4n) is 1.53. The molecular formula is C11H20N2OSe. The third-order valence-corrected chi connectivity index (χ3v) is 5.02. The SMILES string of the molecule is CCC1[Se]C(=NC(C)C)N(C(C)C)C1=O. The van der Waals surface area contributed by atoms with Gasteiger partial charge < -0.3 is 0 Å². The Kier molecular flexibility index (Phi) is 4.35. The minimum atomic E-state index is 0.220. The monoisotopic (exact) mass is 276 g/mol. The van der Waals surface area contributed by atoms with Crippen molar-refractivity contribution >= 4 is 25.6 Å². The third-order valence-electron chi connectivity index (χ3n) is 2.22. The number of amides is 1. The van der Waals surface area contributed by atoms with Gasteiger partial charge in [-0.25, -0.2) is 0 Å². The van der Waals surface area contributed by atoms with Gasteiger partial charge in [0, 0.05) is 0 Å². The molecule has 0 spiro atoms. The normalized spacial score (nSPS) is 25.0. The van der Waals surface area contributed by atoms with Crippen molar-refractivity contribution < 1.29 is 4.79 Å². The Morgan fingerprint density at radius 1 is 1.40 bits per heavy atom. The molecule has 1 heterocycles. The summed E-state index contributed by atoms with van der Waals surface area (Å²) in [5.41, 5.74) is 0. The van der Waals surface area contributed by atoms with Crippen molar-refractivity contribution in [1.82, 2.24) is 4.90 Å². The molecule has 0 bridgehead atoms. The Labute approximate surface area is 98.5 Å². The molecule has 3 nitrogen and oxygen atoms in total. The van der Waals surface area contributed by atoms with E-state index in [4.69, 9.17) is 0 Å². The molecule has 0 saturated carbocycles. The first kappa shape index (κ1) is 12.7. The van der Waals surface area contributed by atoms with Gasteiger partial charge in [-0.15, -0.1) is 0 Å². The van der Waals surface area contributed by atoms with E-state index < -0.39 is 0 Å². The topological polar surface area (TPSA) is 32.7 Å². The quantitative estimate of drug-likeness (QED) is 0.724. The van der Waals surface area contributed by atoms with E-state index in [-0.39, 0.29) is 37.8 Å². The number of hydrogen-bond acceptors (Lipinski definition) is 2. The zero-order valence-corrected chi connectivity index (χ0v) is 11.9. The number of amidine groups is 1. The molecule has 1 saturated heterocycles. The number of nitrogens with zero attached hydrogens (tertiary/aromatic N) is 2. The average molecular weight is 275 g/mol. The molecule has 0 aromatic heterocycles. The summed E-state index contributed by atoms with van der Waals surface area (Å²) in [5.74, 6) is 0.284. The first-order valence-corrected chi connectivity index (χ1v) is 7.39. The molecule has 15 heavy (non-hydrogen) atoms. The summed E-state index contributed by atoms with van der Waals surface area (Å²) in [4.78, 5) is 18.7. The van der Waals surface area contributed by atoms with Crippen LogP contribution < -0.4 is 0 Å². The summed E-state index contributed by atoms with van der Waals surface area (Å²) in [6, 6.07) is 0.528. The molecule has 0 aromatic carbocycles. The van der Waals surface area contributed by atoms with Crippen LogP contribution in [0, 0.1) is 0 Å². The number of rotatable bonds is 3. The number of aliphatic imine (C=N–C) groups is 1. The van der Waals surface area contributed by atoms with Gasteiger partial charge in [-0.05, 0) is 0 Å². The van der Waals surface area contributed by atoms with Crippen molar-refractivity contribution in [3.8, 4) is 0 Å². The van der Waals surface area contributed by atoms with Crippen LogP contribution in [0.1, 0.15) is 41.0 Å². The van der Waals surface area contributed by atoms with Crippen molar-refractivity contribution in [2.24, 2.45) is 4.99 Å². The molecule has 0 N–H and O–H groups in total. The molecule has 4 heteroatoms. The molecule has 0 radical (unpaired) electrons. The van der Waals surface area contributed by atoms with Crippen molar-refractivity contribution in [3.63, 3.8) is 0 Å².